The summed E-state index contributed by atoms with van der Waals surface area (Å²) in [5.74, 6) is 0.0514. The van der Waals surface area contributed by atoms with Crippen LogP contribution in [0.25, 0.3) is 6.08 Å². The van der Waals surface area contributed by atoms with Gasteiger partial charge in [0.1, 0.15) is 5.69 Å². The number of amides is 1. The number of pyridine rings is 1. The third-order valence-corrected chi connectivity index (χ3v) is 5.38. The summed E-state index contributed by atoms with van der Waals surface area (Å²) < 4.78 is 0.955. The van der Waals surface area contributed by atoms with E-state index in [1.807, 2.05) is 54.3 Å². The van der Waals surface area contributed by atoms with E-state index in [1.165, 1.54) is 0 Å². The van der Waals surface area contributed by atoms with Crippen LogP contribution in [-0.2, 0) is 6.42 Å². The van der Waals surface area contributed by atoms with Crippen molar-refractivity contribution >= 4 is 27.9 Å². The number of aromatic nitrogens is 4. The van der Waals surface area contributed by atoms with Crippen molar-refractivity contribution in [3.8, 4) is 0 Å². The molecule has 0 bridgehead atoms. The fourth-order valence-electron chi connectivity index (χ4n) is 3.45. The molecular formula is C20H18BrN5O. The lowest BCUT2D eigenvalue weighted by Gasteiger charge is -2.26. The molecule has 1 amide bonds. The maximum absolute atomic E-state index is 13.1. The van der Waals surface area contributed by atoms with Crippen molar-refractivity contribution in [3.63, 3.8) is 0 Å². The van der Waals surface area contributed by atoms with Crippen molar-refractivity contribution in [2.45, 2.75) is 19.4 Å². The Morgan fingerprint density at radius 1 is 1.30 bits per heavy atom. The van der Waals surface area contributed by atoms with E-state index in [1.54, 1.807) is 12.4 Å². The quantitative estimate of drug-likeness (QED) is 0.676. The van der Waals surface area contributed by atoms with Crippen LogP contribution in [0.4, 0.5) is 0 Å². The van der Waals surface area contributed by atoms with Crippen molar-refractivity contribution in [2.24, 2.45) is 0 Å². The third kappa shape index (κ3) is 3.55. The lowest BCUT2D eigenvalue weighted by molar-refractivity contribution is 0.0742. The summed E-state index contributed by atoms with van der Waals surface area (Å²) in [6.07, 6.45) is 6.03. The molecular weight excluding hydrogens is 406 g/mol. The molecule has 1 aliphatic heterocycles. The van der Waals surface area contributed by atoms with E-state index in [2.05, 4.69) is 36.3 Å². The third-order valence-electron chi connectivity index (χ3n) is 4.66. The molecule has 0 radical (unpaired) electrons. The number of hydrogen-bond donors (Lipinski definition) is 1. The summed E-state index contributed by atoms with van der Waals surface area (Å²) in [5.41, 5.74) is 4.55. The predicted molar refractivity (Wildman–Crippen MR) is 106 cm³/mol. The van der Waals surface area contributed by atoms with Crippen molar-refractivity contribution in [2.75, 3.05) is 6.54 Å². The van der Waals surface area contributed by atoms with Gasteiger partial charge < -0.3 is 4.90 Å². The SMILES string of the molecule is C/C(=C\c1cn[nH]n1)CN1C(=O)c2ccccc2C1Cc1ncccc1Br. The Bertz CT molecular complexity index is 999. The van der Waals surface area contributed by atoms with Crippen LogP contribution in [0.3, 0.4) is 0 Å². The zero-order valence-corrected chi connectivity index (χ0v) is 16.3. The van der Waals surface area contributed by atoms with Gasteiger partial charge in [0, 0.05) is 29.2 Å². The minimum absolute atomic E-state index is 0.0514. The minimum atomic E-state index is -0.0550. The first-order valence-electron chi connectivity index (χ1n) is 8.65. The number of carbonyl (C=O) groups excluding carboxylic acids is 1. The molecule has 136 valence electrons. The highest BCUT2D eigenvalue weighted by molar-refractivity contribution is 9.10. The van der Waals surface area contributed by atoms with E-state index >= 15 is 0 Å². The average Bonchev–Trinajstić information content (AvgIpc) is 3.26. The predicted octanol–water partition coefficient (Wildman–Crippen LogP) is 3.81. The molecule has 7 heteroatoms. The summed E-state index contributed by atoms with van der Waals surface area (Å²) in [4.78, 5) is 19.5. The standard InChI is InChI=1S/C20H18BrN5O/c1-13(9-14-11-23-25-24-14)12-26-19(10-18-17(21)7-4-8-22-18)15-5-2-3-6-16(15)20(26)27/h2-9,11,19H,10,12H2,1H3,(H,23,24,25)/b13-9+. The lowest BCUT2D eigenvalue weighted by Crippen LogP contribution is -2.31. The molecule has 0 saturated carbocycles. The first-order chi connectivity index (χ1) is 13.1. The molecule has 0 aliphatic carbocycles. The second-order valence-corrected chi connectivity index (χ2v) is 7.41. The van der Waals surface area contributed by atoms with Gasteiger partial charge in [0.2, 0.25) is 0 Å². The highest BCUT2D eigenvalue weighted by atomic mass is 79.9. The number of nitrogens with zero attached hydrogens (tertiary/aromatic N) is 4. The molecule has 0 saturated heterocycles. The summed E-state index contributed by atoms with van der Waals surface area (Å²) in [7, 11) is 0. The summed E-state index contributed by atoms with van der Waals surface area (Å²) in [6.45, 7) is 2.52. The van der Waals surface area contributed by atoms with E-state index in [4.69, 9.17) is 0 Å². The van der Waals surface area contributed by atoms with Crippen LogP contribution in [0.15, 0.2) is 58.8 Å². The van der Waals surface area contributed by atoms with Crippen molar-refractivity contribution < 1.29 is 4.79 Å². The number of benzene rings is 1. The van der Waals surface area contributed by atoms with Crippen molar-refractivity contribution in [3.05, 3.63) is 81.4 Å². The fourth-order valence-corrected chi connectivity index (χ4v) is 3.86. The number of H-pyrrole nitrogens is 1. The van der Waals surface area contributed by atoms with Crippen LogP contribution in [0, 0.1) is 0 Å². The normalized spacial score (nSPS) is 16.7. The Morgan fingerprint density at radius 2 is 2.15 bits per heavy atom. The van der Waals surface area contributed by atoms with Gasteiger partial charge in [-0.15, -0.1) is 0 Å². The van der Waals surface area contributed by atoms with Gasteiger partial charge in [-0.05, 0) is 52.7 Å². The smallest absolute Gasteiger partial charge is 0.255 e. The number of rotatable bonds is 5. The Labute approximate surface area is 165 Å². The van der Waals surface area contributed by atoms with Crippen LogP contribution in [0.2, 0.25) is 0 Å². The van der Waals surface area contributed by atoms with Gasteiger partial charge in [-0.2, -0.15) is 15.4 Å². The Morgan fingerprint density at radius 3 is 2.93 bits per heavy atom. The highest BCUT2D eigenvalue weighted by Gasteiger charge is 2.36. The van der Waals surface area contributed by atoms with Gasteiger partial charge in [-0.25, -0.2) is 0 Å². The summed E-state index contributed by atoms with van der Waals surface area (Å²) in [6, 6.07) is 11.6. The van der Waals surface area contributed by atoms with Crippen LogP contribution in [-0.4, -0.2) is 37.7 Å². The largest absolute Gasteiger partial charge is 0.327 e. The Hall–Kier alpha value is -2.80. The number of carbonyl (C=O) groups is 1. The second-order valence-electron chi connectivity index (χ2n) is 6.56. The van der Waals surface area contributed by atoms with Gasteiger partial charge >= 0.3 is 0 Å². The molecule has 27 heavy (non-hydrogen) atoms. The molecule has 0 fully saturated rings. The molecule has 3 heterocycles. The summed E-state index contributed by atoms with van der Waals surface area (Å²) in [5, 5.41) is 10.5. The number of hydrogen-bond acceptors (Lipinski definition) is 4. The molecule has 1 unspecified atom stereocenters. The zero-order chi connectivity index (χ0) is 18.8. The average molecular weight is 424 g/mol. The van der Waals surface area contributed by atoms with Crippen molar-refractivity contribution in [1.82, 2.24) is 25.3 Å². The lowest BCUT2D eigenvalue weighted by atomic mass is 10.0. The first kappa shape index (κ1) is 17.6. The monoisotopic (exact) mass is 423 g/mol. The van der Waals surface area contributed by atoms with Gasteiger partial charge in [-0.3, -0.25) is 9.78 Å². The molecule has 1 atom stereocenters. The van der Waals surface area contributed by atoms with Crippen LogP contribution in [0.1, 0.15) is 40.3 Å². The molecule has 1 aromatic carbocycles. The van der Waals surface area contributed by atoms with Crippen LogP contribution >= 0.6 is 15.9 Å². The first-order valence-corrected chi connectivity index (χ1v) is 9.45. The maximum atomic E-state index is 13.1. The Kier molecular flexibility index (Phi) is 4.85. The number of nitrogens with one attached hydrogen (secondary N) is 1. The molecule has 3 aromatic rings. The zero-order valence-electron chi connectivity index (χ0n) is 14.8. The molecule has 6 nitrogen and oxygen atoms in total. The van der Waals surface area contributed by atoms with Gasteiger partial charge in [0.25, 0.3) is 5.91 Å². The van der Waals surface area contributed by atoms with Crippen molar-refractivity contribution in [1.29, 1.82) is 0 Å². The Balaban J connectivity index is 1.66. The number of halogens is 1. The highest BCUT2D eigenvalue weighted by Crippen LogP contribution is 2.37. The van der Waals surface area contributed by atoms with E-state index in [9.17, 15) is 4.79 Å². The van der Waals surface area contributed by atoms with Crippen LogP contribution in [0.5, 0.6) is 0 Å². The number of fused-ring (bicyclic) bond motifs is 1. The van der Waals surface area contributed by atoms with E-state index in [0.717, 1.165) is 32.6 Å². The molecule has 2 aromatic heterocycles. The molecule has 1 N–H and O–H groups in total. The second kappa shape index (κ2) is 7.44. The van der Waals surface area contributed by atoms with Gasteiger partial charge in [0.05, 0.1) is 17.9 Å². The fraction of sp³-hybridized carbons (Fsp3) is 0.200. The topological polar surface area (TPSA) is 74.8 Å². The maximum Gasteiger partial charge on any atom is 0.255 e. The van der Waals surface area contributed by atoms with E-state index in [0.29, 0.717) is 13.0 Å². The minimum Gasteiger partial charge on any atom is -0.327 e. The molecule has 4 rings (SSSR count). The molecule has 1 aliphatic rings. The van der Waals surface area contributed by atoms with E-state index in [-0.39, 0.29) is 11.9 Å². The number of aromatic amines is 1. The summed E-state index contributed by atoms with van der Waals surface area (Å²) >= 11 is 3.57. The van der Waals surface area contributed by atoms with Gasteiger partial charge in [0.15, 0.2) is 0 Å². The molecule has 0 spiro atoms. The van der Waals surface area contributed by atoms with E-state index < -0.39 is 0 Å². The van der Waals surface area contributed by atoms with Gasteiger partial charge in [-0.1, -0.05) is 23.8 Å². The van der Waals surface area contributed by atoms with Crippen LogP contribution < -0.4 is 0 Å².